The van der Waals surface area contributed by atoms with Crippen LogP contribution in [-0.4, -0.2) is 18.2 Å². The van der Waals surface area contributed by atoms with Gasteiger partial charge in [-0.1, -0.05) is 37.6 Å². The van der Waals surface area contributed by atoms with Crippen LogP contribution in [0.2, 0.25) is 5.02 Å². The number of aliphatic hydroxyl groups excluding tert-OH is 1. The minimum Gasteiger partial charge on any atom is -0.392 e. The molecular formula is C13H18ClNO. The van der Waals surface area contributed by atoms with E-state index in [9.17, 15) is 5.11 Å². The predicted molar refractivity (Wildman–Crippen MR) is 68.0 cm³/mol. The first-order valence-electron chi connectivity index (χ1n) is 5.67. The van der Waals surface area contributed by atoms with Gasteiger partial charge in [-0.15, -0.1) is 0 Å². The Balaban J connectivity index is 2.34. The number of anilines is 1. The van der Waals surface area contributed by atoms with Crippen molar-refractivity contribution in [2.75, 3.05) is 18.0 Å². The van der Waals surface area contributed by atoms with Crippen molar-refractivity contribution in [3.63, 3.8) is 0 Å². The minimum atomic E-state index is 0.0484. The molecule has 0 saturated carbocycles. The number of para-hydroxylation sites is 1. The maximum atomic E-state index is 9.35. The van der Waals surface area contributed by atoms with E-state index >= 15 is 0 Å². The van der Waals surface area contributed by atoms with Crippen molar-refractivity contribution in [3.8, 4) is 0 Å². The zero-order valence-corrected chi connectivity index (χ0v) is 10.6. The smallest absolute Gasteiger partial charge is 0.0702 e. The van der Waals surface area contributed by atoms with E-state index in [2.05, 4.69) is 18.7 Å². The molecule has 1 aromatic rings. The van der Waals surface area contributed by atoms with Gasteiger partial charge < -0.3 is 10.0 Å². The fourth-order valence-electron chi connectivity index (χ4n) is 2.35. The van der Waals surface area contributed by atoms with Crippen molar-refractivity contribution in [1.29, 1.82) is 0 Å². The van der Waals surface area contributed by atoms with Crippen LogP contribution in [0.1, 0.15) is 25.8 Å². The molecule has 1 N–H and O–H groups in total. The Morgan fingerprint density at radius 2 is 2.19 bits per heavy atom. The molecule has 2 nitrogen and oxygen atoms in total. The highest BCUT2D eigenvalue weighted by atomic mass is 35.5. The molecule has 0 amide bonds. The van der Waals surface area contributed by atoms with Gasteiger partial charge in [0.25, 0.3) is 0 Å². The summed E-state index contributed by atoms with van der Waals surface area (Å²) in [6.45, 7) is 6.60. The van der Waals surface area contributed by atoms with Gasteiger partial charge in [-0.3, -0.25) is 0 Å². The van der Waals surface area contributed by atoms with Crippen molar-refractivity contribution >= 4 is 17.3 Å². The molecule has 0 atom stereocenters. The second kappa shape index (κ2) is 4.27. The van der Waals surface area contributed by atoms with Crippen molar-refractivity contribution in [1.82, 2.24) is 0 Å². The first-order valence-corrected chi connectivity index (χ1v) is 6.04. The molecule has 1 aromatic carbocycles. The van der Waals surface area contributed by atoms with Gasteiger partial charge >= 0.3 is 0 Å². The van der Waals surface area contributed by atoms with E-state index in [1.807, 2.05) is 18.2 Å². The topological polar surface area (TPSA) is 23.5 Å². The second-order valence-corrected chi connectivity index (χ2v) is 5.65. The highest BCUT2D eigenvalue weighted by Crippen LogP contribution is 2.37. The highest BCUT2D eigenvalue weighted by Gasteiger charge is 2.31. The summed E-state index contributed by atoms with van der Waals surface area (Å²) >= 11 is 6.23. The Morgan fingerprint density at radius 3 is 2.75 bits per heavy atom. The van der Waals surface area contributed by atoms with Crippen LogP contribution in [0.3, 0.4) is 0 Å². The Kier molecular flexibility index (Phi) is 3.13. The van der Waals surface area contributed by atoms with Crippen LogP contribution >= 0.6 is 11.6 Å². The highest BCUT2D eigenvalue weighted by molar-refractivity contribution is 6.33. The monoisotopic (exact) mass is 239 g/mol. The summed E-state index contributed by atoms with van der Waals surface area (Å²) in [5, 5.41) is 10.1. The van der Waals surface area contributed by atoms with Crippen LogP contribution in [0, 0.1) is 5.41 Å². The van der Waals surface area contributed by atoms with E-state index in [1.165, 1.54) is 6.42 Å². The van der Waals surface area contributed by atoms with Crippen LogP contribution in [0.25, 0.3) is 0 Å². The zero-order valence-electron chi connectivity index (χ0n) is 9.83. The lowest BCUT2D eigenvalue weighted by Gasteiger charge is -2.24. The SMILES string of the molecule is CC1(C)CCN(c2c(Cl)cccc2CO)C1. The Morgan fingerprint density at radius 1 is 1.44 bits per heavy atom. The molecule has 1 aliphatic heterocycles. The number of benzene rings is 1. The molecule has 0 aromatic heterocycles. The van der Waals surface area contributed by atoms with E-state index in [4.69, 9.17) is 11.6 Å². The van der Waals surface area contributed by atoms with Crippen LogP contribution in [0.5, 0.6) is 0 Å². The molecular weight excluding hydrogens is 222 g/mol. The molecule has 0 spiro atoms. The number of halogens is 1. The third-order valence-corrected chi connectivity index (χ3v) is 3.54. The fourth-order valence-corrected chi connectivity index (χ4v) is 2.66. The third kappa shape index (κ3) is 2.18. The van der Waals surface area contributed by atoms with Crippen molar-refractivity contribution < 1.29 is 5.11 Å². The molecule has 1 fully saturated rings. The molecule has 2 rings (SSSR count). The van der Waals surface area contributed by atoms with E-state index in [0.717, 1.165) is 29.4 Å². The lowest BCUT2D eigenvalue weighted by atomic mass is 9.93. The van der Waals surface area contributed by atoms with Gasteiger partial charge in [0.2, 0.25) is 0 Å². The molecule has 3 heteroatoms. The van der Waals surface area contributed by atoms with Gasteiger partial charge in [-0.2, -0.15) is 0 Å². The van der Waals surface area contributed by atoms with E-state index in [-0.39, 0.29) is 6.61 Å². The molecule has 0 aliphatic carbocycles. The largest absolute Gasteiger partial charge is 0.392 e. The summed E-state index contributed by atoms with van der Waals surface area (Å²) < 4.78 is 0. The number of aliphatic hydroxyl groups is 1. The van der Waals surface area contributed by atoms with Gasteiger partial charge in [-0.25, -0.2) is 0 Å². The molecule has 1 heterocycles. The second-order valence-electron chi connectivity index (χ2n) is 5.24. The zero-order chi connectivity index (χ0) is 11.8. The Bertz CT molecular complexity index is 390. The number of rotatable bonds is 2. The molecule has 1 saturated heterocycles. The quantitative estimate of drug-likeness (QED) is 0.858. The Labute approximate surface area is 102 Å². The first kappa shape index (κ1) is 11.7. The van der Waals surface area contributed by atoms with Crippen LogP contribution in [0.4, 0.5) is 5.69 Å². The summed E-state index contributed by atoms with van der Waals surface area (Å²) in [5.41, 5.74) is 2.27. The first-order chi connectivity index (χ1) is 7.53. The molecule has 1 aliphatic rings. The van der Waals surface area contributed by atoms with E-state index in [1.54, 1.807) is 0 Å². The molecule has 88 valence electrons. The third-order valence-electron chi connectivity index (χ3n) is 3.23. The molecule has 16 heavy (non-hydrogen) atoms. The van der Waals surface area contributed by atoms with Gasteiger partial charge in [0.05, 0.1) is 17.3 Å². The number of hydrogen-bond donors (Lipinski definition) is 1. The van der Waals surface area contributed by atoms with Crippen LogP contribution < -0.4 is 4.90 Å². The van der Waals surface area contributed by atoms with Gasteiger partial charge in [0.1, 0.15) is 0 Å². The van der Waals surface area contributed by atoms with E-state index < -0.39 is 0 Å². The summed E-state index contributed by atoms with van der Waals surface area (Å²) in [5.74, 6) is 0. The van der Waals surface area contributed by atoms with Crippen molar-refractivity contribution in [2.45, 2.75) is 26.9 Å². The molecule has 0 bridgehead atoms. The van der Waals surface area contributed by atoms with Gasteiger partial charge in [0.15, 0.2) is 0 Å². The maximum absolute atomic E-state index is 9.35. The van der Waals surface area contributed by atoms with Crippen LogP contribution in [-0.2, 0) is 6.61 Å². The summed E-state index contributed by atoms with van der Waals surface area (Å²) in [6.07, 6.45) is 1.17. The van der Waals surface area contributed by atoms with Crippen molar-refractivity contribution in [3.05, 3.63) is 28.8 Å². The predicted octanol–water partition coefficient (Wildman–Crippen LogP) is 3.07. The lowest BCUT2D eigenvalue weighted by Crippen LogP contribution is -2.24. The molecule has 0 radical (unpaired) electrons. The fraction of sp³-hybridized carbons (Fsp3) is 0.538. The van der Waals surface area contributed by atoms with Crippen LogP contribution in [0.15, 0.2) is 18.2 Å². The van der Waals surface area contributed by atoms with Gasteiger partial charge in [-0.05, 0) is 17.9 Å². The standard InChI is InChI=1S/C13H18ClNO/c1-13(2)6-7-15(9-13)12-10(8-16)4-3-5-11(12)14/h3-5,16H,6-9H2,1-2H3. The van der Waals surface area contributed by atoms with Crippen molar-refractivity contribution in [2.24, 2.45) is 5.41 Å². The summed E-state index contributed by atoms with van der Waals surface area (Å²) in [7, 11) is 0. The number of nitrogens with zero attached hydrogens (tertiary/aromatic N) is 1. The minimum absolute atomic E-state index is 0.0484. The average Bonchev–Trinajstić information content (AvgIpc) is 2.58. The number of hydrogen-bond acceptors (Lipinski definition) is 2. The average molecular weight is 240 g/mol. The molecule has 0 unspecified atom stereocenters. The van der Waals surface area contributed by atoms with Gasteiger partial charge in [0, 0.05) is 18.7 Å². The Hall–Kier alpha value is -0.730. The maximum Gasteiger partial charge on any atom is 0.0702 e. The lowest BCUT2D eigenvalue weighted by molar-refractivity contribution is 0.282. The summed E-state index contributed by atoms with van der Waals surface area (Å²) in [4.78, 5) is 2.29. The normalized spacial score (nSPS) is 19.1. The summed E-state index contributed by atoms with van der Waals surface area (Å²) in [6, 6.07) is 5.71. The van der Waals surface area contributed by atoms with E-state index in [0.29, 0.717) is 5.41 Å².